The minimum Gasteiger partial charge on any atom is -0.486 e. The third-order valence-corrected chi connectivity index (χ3v) is 3.99. The second-order valence-corrected chi connectivity index (χ2v) is 6.10. The minimum absolute atomic E-state index is 0.00354. The highest BCUT2D eigenvalue weighted by Gasteiger charge is 2.35. The highest BCUT2D eigenvalue weighted by atomic mass is 35.5. The number of nitrogens with zero attached hydrogens (tertiary/aromatic N) is 5. The van der Waals surface area contributed by atoms with Gasteiger partial charge in [0, 0.05) is 16.7 Å². The third-order valence-electron chi connectivity index (χ3n) is 3.76. The maximum Gasteiger partial charge on any atom is 0.418 e. The SMILES string of the molecule is Cc1cc(OCc2nnnn2-c2ccc(Cl)cc2C(F)(F)F)ccc1[N+](=O)[O-]. The van der Waals surface area contributed by atoms with Crippen LogP contribution in [-0.4, -0.2) is 25.1 Å². The number of hydrogen-bond donors (Lipinski definition) is 0. The number of nitro groups is 1. The predicted octanol–water partition coefficient (Wildman–Crippen LogP) is 4.13. The number of hydrogen-bond acceptors (Lipinski definition) is 6. The summed E-state index contributed by atoms with van der Waals surface area (Å²) < 4.78 is 46.4. The number of ether oxygens (including phenoxy) is 1. The first kappa shape index (κ1) is 19.5. The Bertz CT molecular complexity index is 1040. The number of alkyl halides is 3. The summed E-state index contributed by atoms with van der Waals surface area (Å²) >= 11 is 5.68. The average Bonchev–Trinajstić information content (AvgIpc) is 3.07. The zero-order valence-electron chi connectivity index (χ0n) is 14.1. The number of rotatable bonds is 5. The lowest BCUT2D eigenvalue weighted by Crippen LogP contribution is -2.14. The van der Waals surface area contributed by atoms with Crippen molar-refractivity contribution >= 4 is 17.3 Å². The summed E-state index contributed by atoms with van der Waals surface area (Å²) in [5.74, 6) is 0.286. The van der Waals surface area contributed by atoms with E-state index < -0.39 is 16.7 Å². The van der Waals surface area contributed by atoms with E-state index in [1.54, 1.807) is 6.92 Å². The molecule has 28 heavy (non-hydrogen) atoms. The van der Waals surface area contributed by atoms with E-state index in [4.69, 9.17) is 16.3 Å². The highest BCUT2D eigenvalue weighted by Crippen LogP contribution is 2.35. The Kier molecular flexibility index (Phi) is 5.18. The molecule has 0 amide bonds. The van der Waals surface area contributed by atoms with Gasteiger partial charge in [0.25, 0.3) is 5.69 Å². The first-order valence-electron chi connectivity index (χ1n) is 7.69. The molecule has 0 atom stereocenters. The molecule has 0 fully saturated rings. The van der Waals surface area contributed by atoms with Crippen LogP contribution >= 0.6 is 11.6 Å². The van der Waals surface area contributed by atoms with Crippen LogP contribution in [-0.2, 0) is 12.8 Å². The van der Waals surface area contributed by atoms with Crippen LogP contribution in [0.5, 0.6) is 5.75 Å². The van der Waals surface area contributed by atoms with Crippen molar-refractivity contribution in [1.82, 2.24) is 20.2 Å². The Labute approximate surface area is 160 Å². The van der Waals surface area contributed by atoms with Gasteiger partial charge >= 0.3 is 6.18 Å². The number of halogens is 4. The Morgan fingerprint density at radius 1 is 1.25 bits per heavy atom. The van der Waals surface area contributed by atoms with Crippen molar-refractivity contribution in [3.05, 3.63) is 68.5 Å². The molecule has 0 aliphatic carbocycles. The molecule has 2 aromatic carbocycles. The summed E-state index contributed by atoms with van der Waals surface area (Å²) in [7, 11) is 0. The molecule has 0 saturated heterocycles. The van der Waals surface area contributed by atoms with Crippen molar-refractivity contribution in [2.24, 2.45) is 0 Å². The van der Waals surface area contributed by atoms with Crippen LogP contribution in [0, 0.1) is 17.0 Å². The van der Waals surface area contributed by atoms with Crippen LogP contribution in [0.1, 0.15) is 17.0 Å². The Morgan fingerprint density at radius 3 is 2.64 bits per heavy atom. The van der Waals surface area contributed by atoms with E-state index in [2.05, 4.69) is 15.5 Å². The van der Waals surface area contributed by atoms with Crippen molar-refractivity contribution in [3.63, 3.8) is 0 Å². The largest absolute Gasteiger partial charge is 0.486 e. The second kappa shape index (κ2) is 7.43. The van der Waals surface area contributed by atoms with E-state index in [0.717, 1.165) is 16.8 Å². The van der Waals surface area contributed by atoms with Gasteiger partial charge in [-0.25, -0.2) is 0 Å². The maximum absolute atomic E-state index is 13.3. The molecule has 0 spiro atoms. The Morgan fingerprint density at radius 2 is 2.00 bits per heavy atom. The van der Waals surface area contributed by atoms with E-state index >= 15 is 0 Å². The summed E-state index contributed by atoms with van der Waals surface area (Å²) in [5, 5.41) is 21.5. The molecule has 0 radical (unpaired) electrons. The van der Waals surface area contributed by atoms with Crippen LogP contribution in [0.4, 0.5) is 18.9 Å². The average molecular weight is 414 g/mol. The van der Waals surface area contributed by atoms with Gasteiger partial charge < -0.3 is 4.74 Å². The fourth-order valence-corrected chi connectivity index (χ4v) is 2.65. The molecule has 3 rings (SSSR count). The molecule has 0 aliphatic heterocycles. The first-order chi connectivity index (χ1) is 13.2. The lowest BCUT2D eigenvalue weighted by molar-refractivity contribution is -0.385. The van der Waals surface area contributed by atoms with Gasteiger partial charge in [0.1, 0.15) is 12.4 Å². The lowest BCUT2D eigenvalue weighted by Gasteiger charge is -2.14. The van der Waals surface area contributed by atoms with Gasteiger partial charge in [-0.1, -0.05) is 11.6 Å². The molecular weight excluding hydrogens is 403 g/mol. The van der Waals surface area contributed by atoms with Gasteiger partial charge in [-0.3, -0.25) is 10.1 Å². The summed E-state index contributed by atoms with van der Waals surface area (Å²) in [5.41, 5.74) is -1.01. The van der Waals surface area contributed by atoms with E-state index in [9.17, 15) is 23.3 Å². The van der Waals surface area contributed by atoms with Crippen molar-refractivity contribution in [1.29, 1.82) is 0 Å². The van der Waals surface area contributed by atoms with Gasteiger partial charge in [-0.15, -0.1) is 5.10 Å². The molecular formula is C16H11ClF3N5O3. The van der Waals surface area contributed by atoms with Gasteiger partial charge in [-0.2, -0.15) is 17.9 Å². The van der Waals surface area contributed by atoms with Crippen LogP contribution in [0.2, 0.25) is 5.02 Å². The molecule has 3 aromatic rings. The molecule has 0 aliphatic rings. The van der Waals surface area contributed by atoms with E-state index in [1.165, 1.54) is 24.3 Å². The number of tetrazole rings is 1. The minimum atomic E-state index is -4.67. The third kappa shape index (κ3) is 4.03. The van der Waals surface area contributed by atoms with E-state index in [-0.39, 0.29) is 34.6 Å². The normalized spacial score (nSPS) is 11.5. The molecule has 8 nitrogen and oxygen atoms in total. The number of aryl methyl sites for hydroxylation is 1. The molecule has 0 N–H and O–H groups in total. The van der Waals surface area contributed by atoms with Crippen molar-refractivity contribution < 1.29 is 22.8 Å². The van der Waals surface area contributed by atoms with E-state index in [1.807, 2.05) is 0 Å². The number of benzene rings is 2. The quantitative estimate of drug-likeness (QED) is 0.461. The first-order valence-corrected chi connectivity index (χ1v) is 8.07. The standard InChI is InChI=1S/C16H11ClF3N5O3/c1-9-6-11(3-5-13(9)25(26)27)28-8-15-21-22-23-24(15)14-4-2-10(17)7-12(14)16(18,19)20/h2-7H,8H2,1H3. The van der Waals surface area contributed by atoms with Crippen molar-refractivity contribution in [2.75, 3.05) is 0 Å². The summed E-state index contributed by atoms with van der Waals surface area (Å²) in [6, 6.07) is 7.31. The lowest BCUT2D eigenvalue weighted by atomic mass is 10.1. The van der Waals surface area contributed by atoms with Gasteiger partial charge in [0.2, 0.25) is 0 Å². The van der Waals surface area contributed by atoms with Gasteiger partial charge in [-0.05, 0) is 47.7 Å². The van der Waals surface area contributed by atoms with Crippen molar-refractivity contribution in [3.8, 4) is 11.4 Å². The summed E-state index contributed by atoms with van der Waals surface area (Å²) in [6.07, 6.45) is -4.67. The zero-order valence-corrected chi connectivity index (χ0v) is 14.9. The number of aromatic nitrogens is 4. The molecule has 1 heterocycles. The summed E-state index contributed by atoms with van der Waals surface area (Å²) in [4.78, 5) is 10.3. The fourth-order valence-electron chi connectivity index (χ4n) is 2.47. The van der Waals surface area contributed by atoms with Gasteiger partial charge in [0.05, 0.1) is 16.2 Å². The van der Waals surface area contributed by atoms with Crippen LogP contribution in [0.3, 0.4) is 0 Å². The fraction of sp³-hybridized carbons (Fsp3) is 0.188. The summed E-state index contributed by atoms with van der Waals surface area (Å²) in [6.45, 7) is 1.28. The molecule has 1 aromatic heterocycles. The van der Waals surface area contributed by atoms with Crippen LogP contribution in [0.15, 0.2) is 36.4 Å². The van der Waals surface area contributed by atoms with Gasteiger partial charge in [0.15, 0.2) is 5.82 Å². The monoisotopic (exact) mass is 413 g/mol. The Balaban J connectivity index is 1.88. The van der Waals surface area contributed by atoms with E-state index in [0.29, 0.717) is 5.56 Å². The molecule has 12 heteroatoms. The smallest absolute Gasteiger partial charge is 0.418 e. The molecule has 0 unspecified atom stereocenters. The predicted molar refractivity (Wildman–Crippen MR) is 91.3 cm³/mol. The number of nitro benzene ring substituents is 1. The highest BCUT2D eigenvalue weighted by molar-refractivity contribution is 6.30. The topological polar surface area (TPSA) is 96.0 Å². The Hall–Kier alpha value is -3.21. The molecule has 146 valence electrons. The van der Waals surface area contributed by atoms with Crippen molar-refractivity contribution in [2.45, 2.75) is 19.7 Å². The molecule has 0 bridgehead atoms. The second-order valence-electron chi connectivity index (χ2n) is 5.66. The molecule has 0 saturated carbocycles. The maximum atomic E-state index is 13.3. The van der Waals surface area contributed by atoms with Crippen LogP contribution in [0.25, 0.3) is 5.69 Å². The van der Waals surface area contributed by atoms with Crippen LogP contribution < -0.4 is 4.74 Å². The zero-order chi connectivity index (χ0) is 20.5.